The van der Waals surface area contributed by atoms with E-state index in [0.29, 0.717) is 27.3 Å². The SMILES string of the molecule is C.COc1ccccc1-c1cc(Cc2ccc(Cl)c(O)c2)ncn1.COc1ccccc1-c1cc(Cl)ncn1.Nc1ccc(Cl)c(O)c1.[Cl-]. The fourth-order valence-corrected chi connectivity index (χ4v) is 4.62. The average molecular weight is 743 g/mol. The number of aromatic nitrogens is 4. The lowest BCUT2D eigenvalue weighted by atomic mass is 10.1. The van der Waals surface area contributed by atoms with Crippen LogP contribution < -0.4 is 27.6 Å². The summed E-state index contributed by atoms with van der Waals surface area (Å²) >= 11 is 17.1. The Balaban J connectivity index is 0.000000276. The molecule has 0 saturated carbocycles. The van der Waals surface area contributed by atoms with Crippen molar-refractivity contribution >= 4 is 40.5 Å². The molecule has 4 aromatic carbocycles. The highest BCUT2D eigenvalue weighted by atomic mass is 35.5. The molecule has 0 atom stereocenters. The zero-order valence-corrected chi connectivity index (χ0v) is 28.7. The Hall–Kier alpha value is -4.80. The van der Waals surface area contributed by atoms with Crippen molar-refractivity contribution < 1.29 is 32.1 Å². The van der Waals surface area contributed by atoms with E-state index >= 15 is 0 Å². The van der Waals surface area contributed by atoms with Crippen molar-refractivity contribution in [3.63, 3.8) is 0 Å². The number of halogens is 4. The van der Waals surface area contributed by atoms with Gasteiger partial charge in [-0.15, -0.1) is 0 Å². The van der Waals surface area contributed by atoms with E-state index in [1.54, 1.807) is 44.6 Å². The molecule has 256 valence electrons. The summed E-state index contributed by atoms with van der Waals surface area (Å²) in [4.78, 5) is 16.6. The fourth-order valence-electron chi connectivity index (χ4n) is 4.24. The van der Waals surface area contributed by atoms with E-state index in [9.17, 15) is 5.11 Å². The summed E-state index contributed by atoms with van der Waals surface area (Å²) in [6.45, 7) is 0. The van der Waals surface area contributed by atoms with Gasteiger partial charge in [-0.05, 0) is 60.2 Å². The van der Waals surface area contributed by atoms with E-state index in [4.69, 9.17) is 55.1 Å². The van der Waals surface area contributed by atoms with E-state index < -0.39 is 0 Å². The van der Waals surface area contributed by atoms with Crippen LogP contribution in [0.1, 0.15) is 18.7 Å². The molecule has 49 heavy (non-hydrogen) atoms. The maximum atomic E-state index is 9.70. The second kappa shape index (κ2) is 19.9. The van der Waals surface area contributed by atoms with Crippen LogP contribution in [-0.4, -0.2) is 44.4 Å². The molecule has 2 heterocycles. The molecule has 6 rings (SSSR count). The monoisotopic (exact) mass is 740 g/mol. The van der Waals surface area contributed by atoms with Crippen molar-refractivity contribution in [1.29, 1.82) is 0 Å². The van der Waals surface area contributed by atoms with E-state index in [-0.39, 0.29) is 31.3 Å². The van der Waals surface area contributed by atoms with Gasteiger partial charge in [0.25, 0.3) is 0 Å². The summed E-state index contributed by atoms with van der Waals surface area (Å²) < 4.78 is 10.6. The second-order valence-electron chi connectivity index (χ2n) is 9.69. The summed E-state index contributed by atoms with van der Waals surface area (Å²) in [5.41, 5.74) is 11.0. The number of rotatable bonds is 6. The number of para-hydroxylation sites is 2. The lowest BCUT2D eigenvalue weighted by molar-refractivity contribution is -0.0000125. The Morgan fingerprint density at radius 3 is 1.65 bits per heavy atom. The third kappa shape index (κ3) is 11.7. The first-order valence-electron chi connectivity index (χ1n) is 13.9. The lowest BCUT2D eigenvalue weighted by Gasteiger charge is -2.09. The minimum Gasteiger partial charge on any atom is -1.00 e. The van der Waals surface area contributed by atoms with Crippen LogP contribution in [0.2, 0.25) is 15.2 Å². The van der Waals surface area contributed by atoms with Crippen molar-refractivity contribution in [2.45, 2.75) is 13.8 Å². The molecule has 0 bridgehead atoms. The number of methoxy groups -OCH3 is 2. The molecule has 4 N–H and O–H groups in total. The molecule has 0 fully saturated rings. The highest BCUT2D eigenvalue weighted by Gasteiger charge is 2.09. The third-order valence-corrected chi connectivity index (χ3v) is 7.34. The lowest BCUT2D eigenvalue weighted by Crippen LogP contribution is -3.00. The van der Waals surface area contributed by atoms with Crippen LogP contribution in [-0.2, 0) is 6.42 Å². The summed E-state index contributed by atoms with van der Waals surface area (Å²) in [6.07, 6.45) is 3.55. The number of aromatic hydroxyl groups is 2. The van der Waals surface area contributed by atoms with Gasteiger partial charge < -0.3 is 37.8 Å². The smallest absolute Gasteiger partial charge is 0.136 e. The number of anilines is 1. The number of phenols is 2. The van der Waals surface area contributed by atoms with Gasteiger partial charge in [-0.25, -0.2) is 19.9 Å². The van der Waals surface area contributed by atoms with Crippen LogP contribution in [0.25, 0.3) is 22.5 Å². The van der Waals surface area contributed by atoms with Crippen LogP contribution >= 0.6 is 34.8 Å². The Labute approximate surface area is 306 Å². The first-order chi connectivity index (χ1) is 22.7. The van der Waals surface area contributed by atoms with E-state index in [1.165, 1.54) is 18.7 Å². The molecule has 0 aliphatic carbocycles. The van der Waals surface area contributed by atoms with Crippen molar-refractivity contribution in [2.24, 2.45) is 0 Å². The molecule has 13 heteroatoms. The third-order valence-electron chi connectivity index (χ3n) is 6.49. The zero-order chi connectivity index (χ0) is 33.8. The van der Waals surface area contributed by atoms with E-state index in [2.05, 4.69) is 19.9 Å². The predicted octanol–water partition coefficient (Wildman–Crippen LogP) is 6.18. The number of nitrogen functional groups attached to an aromatic ring is 1. The van der Waals surface area contributed by atoms with Gasteiger partial charge in [0.15, 0.2) is 0 Å². The fraction of sp³-hybridized carbons (Fsp3) is 0.111. The van der Waals surface area contributed by atoms with Crippen LogP contribution in [0.3, 0.4) is 0 Å². The topological polar surface area (TPSA) is 136 Å². The summed E-state index contributed by atoms with van der Waals surface area (Å²) in [5.74, 6) is 1.63. The van der Waals surface area contributed by atoms with Crippen molar-refractivity contribution in [2.75, 3.05) is 20.0 Å². The van der Waals surface area contributed by atoms with E-state index in [1.807, 2.05) is 60.7 Å². The standard InChI is InChI=1S/C18H15ClN2O2.C11H9ClN2O.C6H6ClNO.CH4.ClH/c1-23-18-5-3-2-4-14(18)16-10-13(20-11-21-16)8-12-6-7-15(19)17(22)9-12;1-15-10-5-3-2-4-8(10)9-6-11(12)14-7-13-9;7-5-2-1-4(8)3-6(5)9;;/h2-7,9-11,22H,8H2,1H3;2-7H,1H3;1-3,9H,8H2;1H4;1H/p-1. The van der Waals surface area contributed by atoms with Gasteiger partial charge in [0.05, 0.1) is 35.7 Å². The summed E-state index contributed by atoms with van der Waals surface area (Å²) in [7, 11) is 3.26. The predicted molar refractivity (Wildman–Crippen MR) is 193 cm³/mol. The summed E-state index contributed by atoms with van der Waals surface area (Å²) in [5, 5.41) is 19.7. The van der Waals surface area contributed by atoms with Gasteiger partial charge >= 0.3 is 0 Å². The highest BCUT2D eigenvalue weighted by Crippen LogP contribution is 2.30. The molecule has 0 radical (unpaired) electrons. The quantitative estimate of drug-likeness (QED) is 0.135. The maximum Gasteiger partial charge on any atom is 0.136 e. The Morgan fingerprint density at radius 1 is 0.633 bits per heavy atom. The zero-order valence-electron chi connectivity index (χ0n) is 25.7. The molecule has 0 amide bonds. The minimum absolute atomic E-state index is 0. The molecule has 0 aliphatic heterocycles. The normalized spacial score (nSPS) is 9.73. The molecule has 0 unspecified atom stereocenters. The molecule has 0 aliphatic rings. The van der Waals surface area contributed by atoms with Crippen molar-refractivity contribution in [3.05, 3.63) is 136 Å². The van der Waals surface area contributed by atoms with Gasteiger partial charge in [-0.2, -0.15) is 0 Å². The van der Waals surface area contributed by atoms with Gasteiger partial charge in [0, 0.05) is 41.1 Å². The van der Waals surface area contributed by atoms with Crippen LogP contribution in [0, 0.1) is 0 Å². The van der Waals surface area contributed by atoms with Crippen LogP contribution in [0.15, 0.2) is 110 Å². The molecule has 0 saturated heterocycles. The highest BCUT2D eigenvalue weighted by molar-refractivity contribution is 6.32. The van der Waals surface area contributed by atoms with Crippen LogP contribution in [0.4, 0.5) is 5.69 Å². The number of benzene rings is 4. The second-order valence-corrected chi connectivity index (χ2v) is 10.9. The van der Waals surface area contributed by atoms with Gasteiger partial charge in [-0.3, -0.25) is 0 Å². The number of nitrogens with two attached hydrogens (primary N) is 1. The molecular formula is C36H34Cl4N5O4-. The summed E-state index contributed by atoms with van der Waals surface area (Å²) in [6, 6.07) is 28.8. The number of hydrogen-bond acceptors (Lipinski definition) is 9. The van der Waals surface area contributed by atoms with Gasteiger partial charge in [-0.1, -0.05) is 72.6 Å². The number of hydrogen-bond donors (Lipinski definition) is 3. The first kappa shape index (κ1) is 40.4. The van der Waals surface area contributed by atoms with E-state index in [0.717, 1.165) is 45.3 Å². The minimum atomic E-state index is 0. The van der Waals surface area contributed by atoms with Gasteiger partial charge in [0.2, 0.25) is 0 Å². The largest absolute Gasteiger partial charge is 1.00 e. The molecular weight excluding hydrogens is 708 g/mol. The molecule has 0 spiro atoms. The van der Waals surface area contributed by atoms with Gasteiger partial charge in [0.1, 0.15) is 40.8 Å². The Bertz CT molecular complexity index is 1950. The molecule has 6 aromatic rings. The number of nitrogens with zero attached hydrogens (tertiary/aromatic N) is 4. The Morgan fingerprint density at radius 2 is 1.14 bits per heavy atom. The Kier molecular flexibility index (Phi) is 16.4. The number of ether oxygens (including phenoxy) is 2. The first-order valence-corrected chi connectivity index (χ1v) is 15.1. The van der Waals surface area contributed by atoms with Crippen molar-refractivity contribution in [3.8, 4) is 45.5 Å². The molecule has 9 nitrogen and oxygen atoms in total. The van der Waals surface area contributed by atoms with Crippen LogP contribution in [0.5, 0.6) is 23.0 Å². The molecule has 2 aromatic heterocycles. The average Bonchev–Trinajstić information content (AvgIpc) is 3.09. The maximum absolute atomic E-state index is 9.70. The number of phenolic OH excluding ortho intramolecular Hbond substituents is 2. The van der Waals surface area contributed by atoms with Crippen molar-refractivity contribution in [1.82, 2.24) is 19.9 Å².